The van der Waals surface area contributed by atoms with Crippen LogP contribution in [0, 0.1) is 0 Å². The van der Waals surface area contributed by atoms with Crippen molar-refractivity contribution in [2.75, 3.05) is 31.3 Å². The molecule has 3 rings (SSSR count). The number of aromatic nitrogens is 4. The molecule has 2 aromatic heterocycles. The predicted molar refractivity (Wildman–Crippen MR) is 102 cm³/mol. The van der Waals surface area contributed by atoms with Crippen LogP contribution in [-0.2, 0) is 7.05 Å². The van der Waals surface area contributed by atoms with E-state index in [2.05, 4.69) is 35.9 Å². The zero-order valence-corrected chi connectivity index (χ0v) is 16.9. The van der Waals surface area contributed by atoms with Crippen molar-refractivity contribution >= 4 is 39.4 Å². The lowest BCUT2D eigenvalue weighted by molar-refractivity contribution is 0.0709. The number of hydrogen-bond donors (Lipinski definition) is 0. The van der Waals surface area contributed by atoms with Crippen LogP contribution in [0.5, 0.6) is 0 Å². The van der Waals surface area contributed by atoms with E-state index in [0.29, 0.717) is 5.56 Å². The summed E-state index contributed by atoms with van der Waals surface area (Å²) in [6, 6.07) is 0.226. The third-order valence-corrected chi connectivity index (χ3v) is 5.59. The molecular weight excluding hydrogens is 404 g/mol. The third kappa shape index (κ3) is 3.98. The molecule has 134 valence electrons. The second-order valence-corrected chi connectivity index (χ2v) is 7.69. The monoisotopic (exact) mass is 424 g/mol. The Kier molecular flexibility index (Phi) is 5.63. The first-order chi connectivity index (χ1) is 12.0. The van der Waals surface area contributed by atoms with Gasteiger partial charge in [-0.05, 0) is 35.0 Å². The Balaban J connectivity index is 1.64. The molecule has 0 aromatic carbocycles. The number of hydrogen-bond acceptors (Lipinski definition) is 6. The first-order valence-corrected chi connectivity index (χ1v) is 10.1. The summed E-state index contributed by atoms with van der Waals surface area (Å²) < 4.78 is 2.56. The standard InChI is InChI=1S/C16H21BrN6OS/c1-21-10-11(8-19-21)15(24)22(2)12-4-6-23(7-5-12)14-13(17)9-18-16(20-14)25-3/h8-10,12H,4-7H2,1-3H3. The van der Waals surface area contributed by atoms with Gasteiger partial charge in [0.15, 0.2) is 5.16 Å². The van der Waals surface area contributed by atoms with Gasteiger partial charge in [-0.3, -0.25) is 9.48 Å². The number of rotatable bonds is 4. The van der Waals surface area contributed by atoms with Gasteiger partial charge in [-0.2, -0.15) is 5.10 Å². The molecule has 0 N–H and O–H groups in total. The van der Waals surface area contributed by atoms with Gasteiger partial charge in [0.1, 0.15) is 5.82 Å². The Morgan fingerprint density at radius 2 is 2.08 bits per heavy atom. The number of anilines is 1. The van der Waals surface area contributed by atoms with Gasteiger partial charge in [-0.1, -0.05) is 11.8 Å². The molecule has 0 aliphatic carbocycles. The Bertz CT molecular complexity index is 759. The average Bonchev–Trinajstić information content (AvgIpc) is 3.07. The molecule has 1 aliphatic heterocycles. The zero-order chi connectivity index (χ0) is 18.0. The summed E-state index contributed by atoms with van der Waals surface area (Å²) in [6.45, 7) is 1.72. The Labute approximate surface area is 159 Å². The van der Waals surface area contributed by atoms with Crippen molar-refractivity contribution in [3.05, 3.63) is 28.6 Å². The van der Waals surface area contributed by atoms with E-state index < -0.39 is 0 Å². The van der Waals surface area contributed by atoms with Crippen LogP contribution in [0.4, 0.5) is 5.82 Å². The van der Waals surface area contributed by atoms with Gasteiger partial charge in [0.05, 0.1) is 16.2 Å². The second kappa shape index (κ2) is 7.74. The molecule has 0 spiro atoms. The Morgan fingerprint density at radius 3 is 2.68 bits per heavy atom. The van der Waals surface area contributed by atoms with Crippen LogP contribution in [0.3, 0.4) is 0 Å². The van der Waals surface area contributed by atoms with Gasteiger partial charge in [-0.25, -0.2) is 9.97 Å². The summed E-state index contributed by atoms with van der Waals surface area (Å²) in [5, 5.41) is 4.85. The molecule has 1 aliphatic rings. The minimum absolute atomic E-state index is 0.0273. The molecule has 0 saturated carbocycles. The molecule has 7 nitrogen and oxygen atoms in total. The fraction of sp³-hybridized carbons (Fsp3) is 0.500. The highest BCUT2D eigenvalue weighted by Crippen LogP contribution is 2.28. The molecule has 25 heavy (non-hydrogen) atoms. The lowest BCUT2D eigenvalue weighted by Crippen LogP contribution is -2.46. The van der Waals surface area contributed by atoms with Gasteiger partial charge < -0.3 is 9.80 Å². The third-order valence-electron chi connectivity index (χ3n) is 4.47. The zero-order valence-electron chi connectivity index (χ0n) is 14.5. The normalized spacial score (nSPS) is 15.4. The number of halogens is 1. The van der Waals surface area contributed by atoms with Gasteiger partial charge in [-0.15, -0.1) is 0 Å². The molecule has 1 saturated heterocycles. The van der Waals surface area contributed by atoms with E-state index in [1.165, 1.54) is 11.8 Å². The maximum atomic E-state index is 12.6. The summed E-state index contributed by atoms with van der Waals surface area (Å²) in [4.78, 5) is 25.6. The van der Waals surface area contributed by atoms with E-state index in [9.17, 15) is 4.79 Å². The van der Waals surface area contributed by atoms with Crippen molar-refractivity contribution in [3.63, 3.8) is 0 Å². The number of nitrogens with zero attached hydrogens (tertiary/aromatic N) is 6. The highest BCUT2D eigenvalue weighted by Gasteiger charge is 2.28. The van der Waals surface area contributed by atoms with Crippen molar-refractivity contribution in [1.82, 2.24) is 24.6 Å². The van der Waals surface area contributed by atoms with E-state index in [-0.39, 0.29) is 11.9 Å². The van der Waals surface area contributed by atoms with Crippen LogP contribution in [0.25, 0.3) is 0 Å². The summed E-state index contributed by atoms with van der Waals surface area (Å²) in [5.74, 6) is 0.957. The van der Waals surface area contributed by atoms with Crippen LogP contribution in [0.1, 0.15) is 23.2 Å². The number of amides is 1. The number of carbonyl (C=O) groups excluding carboxylic acids is 1. The summed E-state index contributed by atoms with van der Waals surface area (Å²) in [7, 11) is 3.69. The molecule has 0 radical (unpaired) electrons. The number of piperidine rings is 1. The topological polar surface area (TPSA) is 67.2 Å². The van der Waals surface area contributed by atoms with E-state index in [1.54, 1.807) is 23.3 Å². The average molecular weight is 425 g/mol. The van der Waals surface area contributed by atoms with E-state index in [4.69, 9.17) is 0 Å². The molecule has 0 atom stereocenters. The highest BCUT2D eigenvalue weighted by molar-refractivity contribution is 9.10. The van der Waals surface area contributed by atoms with Crippen molar-refractivity contribution in [2.24, 2.45) is 7.05 Å². The molecule has 9 heteroatoms. The van der Waals surface area contributed by atoms with Crippen molar-refractivity contribution in [3.8, 4) is 0 Å². The molecular formula is C16H21BrN6OS. The summed E-state index contributed by atoms with van der Waals surface area (Å²) in [6.07, 6.45) is 8.98. The number of aryl methyl sites for hydroxylation is 1. The number of thioether (sulfide) groups is 1. The molecule has 1 amide bonds. The highest BCUT2D eigenvalue weighted by atomic mass is 79.9. The SMILES string of the molecule is CSc1ncc(Br)c(N2CCC(N(C)C(=O)c3cnn(C)c3)CC2)n1. The smallest absolute Gasteiger partial charge is 0.257 e. The van der Waals surface area contributed by atoms with Crippen LogP contribution < -0.4 is 4.90 Å². The van der Waals surface area contributed by atoms with Crippen LogP contribution in [0.2, 0.25) is 0 Å². The Hall–Kier alpha value is -1.61. The van der Waals surface area contributed by atoms with Crippen LogP contribution >= 0.6 is 27.7 Å². The van der Waals surface area contributed by atoms with E-state index >= 15 is 0 Å². The lowest BCUT2D eigenvalue weighted by atomic mass is 10.0. The van der Waals surface area contributed by atoms with E-state index in [0.717, 1.165) is 41.4 Å². The minimum Gasteiger partial charge on any atom is -0.355 e. The first kappa shape index (κ1) is 18.2. The van der Waals surface area contributed by atoms with Gasteiger partial charge in [0, 0.05) is 45.6 Å². The molecule has 0 bridgehead atoms. The van der Waals surface area contributed by atoms with Crippen LogP contribution in [0.15, 0.2) is 28.2 Å². The van der Waals surface area contributed by atoms with Crippen molar-refractivity contribution < 1.29 is 4.79 Å². The maximum absolute atomic E-state index is 12.6. The van der Waals surface area contributed by atoms with E-state index in [1.807, 2.05) is 25.3 Å². The maximum Gasteiger partial charge on any atom is 0.257 e. The molecule has 2 aromatic rings. The fourth-order valence-corrected chi connectivity index (χ4v) is 3.81. The lowest BCUT2D eigenvalue weighted by Gasteiger charge is -2.37. The molecule has 3 heterocycles. The quantitative estimate of drug-likeness (QED) is 0.554. The molecule has 1 fully saturated rings. The second-order valence-electron chi connectivity index (χ2n) is 6.07. The minimum atomic E-state index is 0.0273. The van der Waals surface area contributed by atoms with Crippen molar-refractivity contribution in [1.29, 1.82) is 0 Å². The van der Waals surface area contributed by atoms with Gasteiger partial charge >= 0.3 is 0 Å². The van der Waals surface area contributed by atoms with Crippen LogP contribution in [-0.4, -0.2) is 63.0 Å². The summed E-state index contributed by atoms with van der Waals surface area (Å²) >= 11 is 5.08. The molecule has 0 unspecified atom stereocenters. The van der Waals surface area contributed by atoms with Gasteiger partial charge in [0.25, 0.3) is 5.91 Å². The first-order valence-electron chi connectivity index (χ1n) is 8.07. The fourth-order valence-electron chi connectivity index (χ4n) is 3.03. The van der Waals surface area contributed by atoms with Gasteiger partial charge in [0.2, 0.25) is 0 Å². The summed E-state index contributed by atoms with van der Waals surface area (Å²) in [5.41, 5.74) is 0.635. The largest absolute Gasteiger partial charge is 0.355 e. The predicted octanol–water partition coefficient (Wildman–Crippen LogP) is 2.44. The Morgan fingerprint density at radius 1 is 1.36 bits per heavy atom. The number of carbonyl (C=O) groups is 1. The van der Waals surface area contributed by atoms with Crippen molar-refractivity contribution in [2.45, 2.75) is 24.0 Å².